The Morgan fingerprint density at radius 2 is 1.70 bits per heavy atom. The first-order chi connectivity index (χ1) is 9.18. The van der Waals surface area contributed by atoms with E-state index in [1.54, 1.807) is 10.9 Å². The Kier molecular flexibility index (Phi) is 3.42. The molecule has 0 bridgehead atoms. The SMILES string of the molecule is Cc1cc(C)cc(-n2cc(C(=O)O)c(C(C)(C)C)n2)c1. The predicted molar refractivity (Wildman–Crippen MR) is 78.7 cm³/mol. The van der Waals surface area contributed by atoms with E-state index in [9.17, 15) is 9.90 Å². The molecule has 1 heterocycles. The van der Waals surface area contributed by atoms with Gasteiger partial charge in [0.1, 0.15) is 5.56 Å². The van der Waals surface area contributed by atoms with Crippen molar-refractivity contribution in [3.8, 4) is 5.69 Å². The van der Waals surface area contributed by atoms with Gasteiger partial charge in [0.15, 0.2) is 0 Å². The van der Waals surface area contributed by atoms with Crippen LogP contribution in [0.3, 0.4) is 0 Å². The van der Waals surface area contributed by atoms with E-state index < -0.39 is 5.97 Å². The zero-order chi connectivity index (χ0) is 15.1. The highest BCUT2D eigenvalue weighted by molar-refractivity contribution is 5.89. The number of rotatable bonds is 2. The Morgan fingerprint density at radius 3 is 2.10 bits per heavy atom. The molecule has 2 aromatic rings. The van der Waals surface area contributed by atoms with Gasteiger partial charge in [0.2, 0.25) is 0 Å². The highest BCUT2D eigenvalue weighted by Gasteiger charge is 2.26. The van der Waals surface area contributed by atoms with E-state index in [0.717, 1.165) is 16.8 Å². The summed E-state index contributed by atoms with van der Waals surface area (Å²) in [6.07, 6.45) is 1.59. The van der Waals surface area contributed by atoms with Crippen molar-refractivity contribution in [1.82, 2.24) is 9.78 Å². The molecule has 1 aromatic heterocycles. The number of hydrogen-bond donors (Lipinski definition) is 1. The maximum absolute atomic E-state index is 11.4. The molecule has 1 N–H and O–H groups in total. The minimum atomic E-state index is -0.939. The Labute approximate surface area is 119 Å². The lowest BCUT2D eigenvalue weighted by molar-refractivity contribution is 0.0694. The van der Waals surface area contributed by atoms with Crippen LogP contribution in [0.25, 0.3) is 5.69 Å². The van der Waals surface area contributed by atoms with Crippen molar-refractivity contribution in [1.29, 1.82) is 0 Å². The van der Waals surface area contributed by atoms with E-state index in [0.29, 0.717) is 5.69 Å². The second-order valence-corrected chi connectivity index (χ2v) is 6.24. The third-order valence-electron chi connectivity index (χ3n) is 3.13. The number of aryl methyl sites for hydroxylation is 2. The molecule has 0 aliphatic heterocycles. The Hall–Kier alpha value is -2.10. The molecule has 0 unspecified atom stereocenters. The fraction of sp³-hybridized carbons (Fsp3) is 0.375. The van der Waals surface area contributed by atoms with Gasteiger partial charge in [-0.25, -0.2) is 9.48 Å². The van der Waals surface area contributed by atoms with Gasteiger partial charge in [-0.1, -0.05) is 26.8 Å². The van der Waals surface area contributed by atoms with Crippen LogP contribution in [0.15, 0.2) is 24.4 Å². The lowest BCUT2D eigenvalue weighted by Gasteiger charge is -2.16. The number of benzene rings is 1. The summed E-state index contributed by atoms with van der Waals surface area (Å²) < 4.78 is 1.66. The number of carbonyl (C=O) groups is 1. The molecule has 0 saturated carbocycles. The van der Waals surface area contributed by atoms with Gasteiger partial charge in [0.25, 0.3) is 0 Å². The van der Waals surface area contributed by atoms with Crippen LogP contribution >= 0.6 is 0 Å². The van der Waals surface area contributed by atoms with E-state index in [-0.39, 0.29) is 11.0 Å². The number of nitrogens with zero attached hydrogens (tertiary/aromatic N) is 2. The molecule has 0 fully saturated rings. The van der Waals surface area contributed by atoms with E-state index in [2.05, 4.69) is 11.2 Å². The van der Waals surface area contributed by atoms with Crippen LogP contribution < -0.4 is 0 Å². The van der Waals surface area contributed by atoms with E-state index in [4.69, 9.17) is 0 Å². The third kappa shape index (κ3) is 2.74. The average Bonchev–Trinajstić information content (AvgIpc) is 2.71. The average molecular weight is 272 g/mol. The first kappa shape index (κ1) is 14.3. The molecule has 4 nitrogen and oxygen atoms in total. The summed E-state index contributed by atoms with van der Waals surface area (Å²) in [6, 6.07) is 6.08. The van der Waals surface area contributed by atoms with Crippen LogP contribution in [-0.2, 0) is 5.41 Å². The molecule has 0 saturated heterocycles. The lowest BCUT2D eigenvalue weighted by atomic mass is 9.90. The monoisotopic (exact) mass is 272 g/mol. The fourth-order valence-electron chi connectivity index (χ4n) is 2.30. The van der Waals surface area contributed by atoms with Gasteiger partial charge < -0.3 is 5.11 Å². The molecule has 0 aliphatic rings. The second-order valence-electron chi connectivity index (χ2n) is 6.24. The molecule has 0 amide bonds. The number of aromatic nitrogens is 2. The Morgan fingerprint density at radius 1 is 1.15 bits per heavy atom. The molecule has 0 radical (unpaired) electrons. The van der Waals surface area contributed by atoms with E-state index in [1.807, 2.05) is 46.8 Å². The van der Waals surface area contributed by atoms with Crippen molar-refractivity contribution < 1.29 is 9.90 Å². The molecule has 0 aliphatic carbocycles. The Balaban J connectivity index is 2.62. The second kappa shape index (κ2) is 4.78. The Bertz CT molecular complexity index is 643. The summed E-state index contributed by atoms with van der Waals surface area (Å²) in [4.78, 5) is 11.4. The van der Waals surface area contributed by atoms with Crippen molar-refractivity contribution in [2.24, 2.45) is 0 Å². The van der Waals surface area contributed by atoms with Crippen molar-refractivity contribution in [3.05, 3.63) is 46.8 Å². The zero-order valence-corrected chi connectivity index (χ0v) is 12.6. The minimum absolute atomic E-state index is 0.261. The molecule has 2 rings (SSSR count). The maximum Gasteiger partial charge on any atom is 0.339 e. The molecule has 106 valence electrons. The summed E-state index contributed by atoms with van der Waals surface area (Å²) in [5.41, 5.74) is 3.70. The van der Waals surface area contributed by atoms with Crippen LogP contribution in [0.4, 0.5) is 0 Å². The number of hydrogen-bond acceptors (Lipinski definition) is 2. The molecular weight excluding hydrogens is 252 g/mol. The smallest absolute Gasteiger partial charge is 0.339 e. The first-order valence-corrected chi connectivity index (χ1v) is 6.60. The van der Waals surface area contributed by atoms with Gasteiger partial charge in [-0.2, -0.15) is 5.10 Å². The van der Waals surface area contributed by atoms with Gasteiger partial charge in [0.05, 0.1) is 11.4 Å². The molecule has 4 heteroatoms. The molecule has 20 heavy (non-hydrogen) atoms. The largest absolute Gasteiger partial charge is 0.478 e. The van der Waals surface area contributed by atoms with Crippen LogP contribution in [0.1, 0.15) is 48.0 Å². The van der Waals surface area contributed by atoms with Crippen molar-refractivity contribution in [2.75, 3.05) is 0 Å². The van der Waals surface area contributed by atoms with Gasteiger partial charge in [-0.15, -0.1) is 0 Å². The van der Waals surface area contributed by atoms with Crippen LogP contribution in [-0.4, -0.2) is 20.9 Å². The predicted octanol–water partition coefficient (Wildman–Crippen LogP) is 3.48. The van der Waals surface area contributed by atoms with Crippen LogP contribution in [0.5, 0.6) is 0 Å². The van der Waals surface area contributed by atoms with E-state index >= 15 is 0 Å². The highest BCUT2D eigenvalue weighted by Crippen LogP contribution is 2.26. The molecule has 1 aromatic carbocycles. The molecule has 0 atom stereocenters. The normalized spacial score (nSPS) is 11.7. The van der Waals surface area contributed by atoms with Gasteiger partial charge in [-0.3, -0.25) is 0 Å². The number of carboxylic acids is 1. The summed E-state index contributed by atoms with van der Waals surface area (Å²) in [6.45, 7) is 9.93. The molecule has 0 spiro atoms. The lowest BCUT2D eigenvalue weighted by Crippen LogP contribution is -2.16. The van der Waals surface area contributed by atoms with E-state index in [1.165, 1.54) is 0 Å². The fourth-order valence-corrected chi connectivity index (χ4v) is 2.30. The van der Waals surface area contributed by atoms with Gasteiger partial charge in [-0.05, 0) is 37.1 Å². The van der Waals surface area contributed by atoms with Crippen molar-refractivity contribution in [2.45, 2.75) is 40.0 Å². The third-order valence-corrected chi connectivity index (χ3v) is 3.13. The zero-order valence-electron chi connectivity index (χ0n) is 12.6. The standard InChI is InChI=1S/C16H20N2O2/c1-10-6-11(2)8-12(7-10)18-9-13(15(19)20)14(17-18)16(3,4)5/h6-9H,1-5H3,(H,19,20). The van der Waals surface area contributed by atoms with Crippen LogP contribution in [0, 0.1) is 13.8 Å². The highest BCUT2D eigenvalue weighted by atomic mass is 16.4. The van der Waals surface area contributed by atoms with Crippen molar-refractivity contribution >= 4 is 5.97 Å². The first-order valence-electron chi connectivity index (χ1n) is 6.60. The van der Waals surface area contributed by atoms with Gasteiger partial charge in [0, 0.05) is 11.6 Å². The number of carboxylic acid groups (broad SMARTS) is 1. The summed E-state index contributed by atoms with van der Waals surface area (Å²) in [5.74, 6) is -0.939. The summed E-state index contributed by atoms with van der Waals surface area (Å²) in [7, 11) is 0. The molecular formula is C16H20N2O2. The topological polar surface area (TPSA) is 55.1 Å². The maximum atomic E-state index is 11.4. The van der Waals surface area contributed by atoms with Crippen molar-refractivity contribution in [3.63, 3.8) is 0 Å². The summed E-state index contributed by atoms with van der Waals surface area (Å²) >= 11 is 0. The van der Waals surface area contributed by atoms with Gasteiger partial charge >= 0.3 is 5.97 Å². The quantitative estimate of drug-likeness (QED) is 0.910. The van der Waals surface area contributed by atoms with Crippen LogP contribution in [0.2, 0.25) is 0 Å². The summed E-state index contributed by atoms with van der Waals surface area (Å²) in [5, 5.41) is 13.8. The number of aromatic carboxylic acids is 1. The minimum Gasteiger partial charge on any atom is -0.478 e.